The SMILES string of the molecule is C[C@@H](CO)NCc1cnc(C2CCCC2)s1. The summed E-state index contributed by atoms with van der Waals surface area (Å²) in [5.41, 5.74) is 0. The van der Waals surface area contributed by atoms with Crippen LogP contribution in [0.2, 0.25) is 0 Å². The molecule has 1 aromatic rings. The van der Waals surface area contributed by atoms with Crippen LogP contribution < -0.4 is 5.32 Å². The Morgan fingerprint density at radius 3 is 3.00 bits per heavy atom. The molecule has 0 amide bonds. The van der Waals surface area contributed by atoms with Gasteiger partial charge in [0.2, 0.25) is 0 Å². The lowest BCUT2D eigenvalue weighted by molar-refractivity contribution is 0.251. The van der Waals surface area contributed by atoms with E-state index in [1.807, 2.05) is 24.5 Å². The van der Waals surface area contributed by atoms with Gasteiger partial charge >= 0.3 is 0 Å². The fourth-order valence-electron chi connectivity index (χ4n) is 2.11. The van der Waals surface area contributed by atoms with E-state index in [0.29, 0.717) is 5.92 Å². The van der Waals surface area contributed by atoms with Crippen LogP contribution in [0.4, 0.5) is 0 Å². The van der Waals surface area contributed by atoms with Gasteiger partial charge in [0.05, 0.1) is 11.6 Å². The Morgan fingerprint density at radius 2 is 2.31 bits per heavy atom. The summed E-state index contributed by atoms with van der Waals surface area (Å²) in [6, 6.07) is 0.164. The average molecular weight is 240 g/mol. The monoisotopic (exact) mass is 240 g/mol. The lowest BCUT2D eigenvalue weighted by Crippen LogP contribution is -2.28. The predicted molar refractivity (Wildman–Crippen MR) is 66.7 cm³/mol. The van der Waals surface area contributed by atoms with E-state index >= 15 is 0 Å². The lowest BCUT2D eigenvalue weighted by Gasteiger charge is -2.08. The molecular formula is C12H20N2OS. The van der Waals surface area contributed by atoms with Gasteiger partial charge in [-0.3, -0.25) is 0 Å². The third kappa shape index (κ3) is 3.03. The molecule has 0 aromatic carbocycles. The van der Waals surface area contributed by atoms with Crippen molar-refractivity contribution in [3.63, 3.8) is 0 Å². The van der Waals surface area contributed by atoms with Crippen molar-refractivity contribution in [3.8, 4) is 0 Å². The maximum atomic E-state index is 8.92. The quantitative estimate of drug-likeness (QED) is 0.830. The maximum absolute atomic E-state index is 8.92. The summed E-state index contributed by atoms with van der Waals surface area (Å²) >= 11 is 1.83. The number of aromatic nitrogens is 1. The van der Waals surface area contributed by atoms with Crippen LogP contribution in [0.25, 0.3) is 0 Å². The molecule has 2 N–H and O–H groups in total. The summed E-state index contributed by atoms with van der Waals surface area (Å²) in [6.45, 7) is 3.00. The zero-order chi connectivity index (χ0) is 11.4. The van der Waals surface area contributed by atoms with E-state index in [-0.39, 0.29) is 12.6 Å². The summed E-state index contributed by atoms with van der Waals surface area (Å²) < 4.78 is 0. The first-order valence-corrected chi connectivity index (χ1v) is 6.90. The van der Waals surface area contributed by atoms with E-state index in [9.17, 15) is 0 Å². The Morgan fingerprint density at radius 1 is 1.56 bits per heavy atom. The van der Waals surface area contributed by atoms with Crippen molar-refractivity contribution in [2.45, 2.75) is 51.1 Å². The highest BCUT2D eigenvalue weighted by atomic mass is 32.1. The Hall–Kier alpha value is -0.450. The standard InChI is InChI=1S/C12H20N2OS/c1-9(8-15)13-6-11-7-14-12(16-11)10-4-2-3-5-10/h7,9-10,13,15H,2-6,8H2,1H3/t9-/m0/s1. The first-order chi connectivity index (χ1) is 7.79. The lowest BCUT2D eigenvalue weighted by atomic mass is 10.1. The minimum atomic E-state index is 0.164. The van der Waals surface area contributed by atoms with Crippen molar-refractivity contribution in [2.24, 2.45) is 0 Å². The molecule has 1 heterocycles. The van der Waals surface area contributed by atoms with E-state index in [1.54, 1.807) is 0 Å². The van der Waals surface area contributed by atoms with E-state index in [0.717, 1.165) is 6.54 Å². The van der Waals surface area contributed by atoms with Gasteiger partial charge in [-0.1, -0.05) is 12.8 Å². The molecule has 1 atom stereocenters. The molecular weight excluding hydrogens is 220 g/mol. The van der Waals surface area contributed by atoms with Crippen molar-refractivity contribution in [2.75, 3.05) is 6.61 Å². The largest absolute Gasteiger partial charge is 0.395 e. The summed E-state index contributed by atoms with van der Waals surface area (Å²) in [5.74, 6) is 0.717. The smallest absolute Gasteiger partial charge is 0.0959 e. The third-order valence-electron chi connectivity index (χ3n) is 3.17. The molecule has 1 aliphatic rings. The van der Waals surface area contributed by atoms with Crippen LogP contribution in [0.15, 0.2) is 6.20 Å². The van der Waals surface area contributed by atoms with Gasteiger partial charge in [0.25, 0.3) is 0 Å². The summed E-state index contributed by atoms with van der Waals surface area (Å²) in [6.07, 6.45) is 7.33. The fourth-order valence-corrected chi connectivity index (χ4v) is 3.14. The van der Waals surface area contributed by atoms with E-state index in [4.69, 9.17) is 5.11 Å². The predicted octanol–water partition coefficient (Wildman–Crippen LogP) is 2.27. The van der Waals surface area contributed by atoms with E-state index in [1.165, 1.54) is 35.6 Å². The number of thiazole rings is 1. The second kappa shape index (κ2) is 5.75. The van der Waals surface area contributed by atoms with Gasteiger partial charge in [0.1, 0.15) is 0 Å². The number of rotatable bonds is 5. The van der Waals surface area contributed by atoms with Crippen molar-refractivity contribution in [3.05, 3.63) is 16.1 Å². The van der Waals surface area contributed by atoms with E-state index < -0.39 is 0 Å². The molecule has 0 unspecified atom stereocenters. The van der Waals surface area contributed by atoms with Crippen LogP contribution in [-0.2, 0) is 6.54 Å². The highest BCUT2D eigenvalue weighted by Crippen LogP contribution is 2.35. The Bertz CT molecular complexity index is 321. The van der Waals surface area contributed by atoms with Crippen LogP contribution in [-0.4, -0.2) is 22.7 Å². The highest BCUT2D eigenvalue weighted by Gasteiger charge is 2.19. The normalized spacial score (nSPS) is 19.1. The van der Waals surface area contributed by atoms with Crippen LogP contribution >= 0.6 is 11.3 Å². The van der Waals surface area contributed by atoms with Gasteiger partial charge in [0, 0.05) is 29.6 Å². The third-order valence-corrected chi connectivity index (χ3v) is 4.33. The fraction of sp³-hybridized carbons (Fsp3) is 0.750. The molecule has 0 aliphatic heterocycles. The molecule has 0 saturated heterocycles. The minimum absolute atomic E-state index is 0.164. The molecule has 2 rings (SSSR count). The molecule has 1 aromatic heterocycles. The van der Waals surface area contributed by atoms with Gasteiger partial charge in [-0.15, -0.1) is 11.3 Å². The van der Waals surface area contributed by atoms with Crippen LogP contribution in [0.1, 0.15) is 48.4 Å². The van der Waals surface area contributed by atoms with Crippen molar-refractivity contribution in [1.29, 1.82) is 0 Å². The highest BCUT2D eigenvalue weighted by molar-refractivity contribution is 7.11. The van der Waals surface area contributed by atoms with Crippen LogP contribution in [0, 0.1) is 0 Å². The Balaban J connectivity index is 1.86. The molecule has 16 heavy (non-hydrogen) atoms. The van der Waals surface area contributed by atoms with Crippen molar-refractivity contribution >= 4 is 11.3 Å². The summed E-state index contributed by atoms with van der Waals surface area (Å²) in [7, 11) is 0. The summed E-state index contributed by atoms with van der Waals surface area (Å²) in [4.78, 5) is 5.80. The number of aliphatic hydroxyl groups excluding tert-OH is 1. The van der Waals surface area contributed by atoms with Crippen LogP contribution in [0.5, 0.6) is 0 Å². The second-order valence-electron chi connectivity index (χ2n) is 4.61. The molecule has 1 saturated carbocycles. The minimum Gasteiger partial charge on any atom is -0.395 e. The van der Waals surface area contributed by atoms with Crippen molar-refractivity contribution in [1.82, 2.24) is 10.3 Å². The molecule has 0 spiro atoms. The van der Waals surface area contributed by atoms with Gasteiger partial charge < -0.3 is 10.4 Å². The first-order valence-electron chi connectivity index (χ1n) is 6.08. The second-order valence-corrected chi connectivity index (χ2v) is 5.76. The molecule has 4 heteroatoms. The molecule has 0 bridgehead atoms. The number of hydrogen-bond donors (Lipinski definition) is 2. The number of aliphatic hydroxyl groups is 1. The van der Waals surface area contributed by atoms with Crippen molar-refractivity contribution < 1.29 is 5.11 Å². The van der Waals surface area contributed by atoms with Gasteiger partial charge in [-0.25, -0.2) is 4.98 Å². The first kappa shape index (κ1) is 12.0. The maximum Gasteiger partial charge on any atom is 0.0959 e. The molecule has 0 radical (unpaired) electrons. The van der Waals surface area contributed by atoms with Gasteiger partial charge in [-0.2, -0.15) is 0 Å². The zero-order valence-corrected chi connectivity index (χ0v) is 10.6. The molecule has 90 valence electrons. The number of nitrogens with one attached hydrogen (secondary N) is 1. The molecule has 1 aliphatic carbocycles. The van der Waals surface area contributed by atoms with E-state index in [2.05, 4.69) is 10.3 Å². The number of nitrogens with zero attached hydrogens (tertiary/aromatic N) is 1. The topological polar surface area (TPSA) is 45.1 Å². The van der Waals surface area contributed by atoms with Crippen LogP contribution in [0.3, 0.4) is 0 Å². The Kier molecular flexibility index (Phi) is 4.32. The summed E-state index contributed by atoms with van der Waals surface area (Å²) in [5, 5.41) is 13.5. The Labute approximate surface area is 101 Å². The molecule has 3 nitrogen and oxygen atoms in total. The van der Waals surface area contributed by atoms with Gasteiger partial charge in [0.15, 0.2) is 0 Å². The van der Waals surface area contributed by atoms with Gasteiger partial charge in [-0.05, 0) is 19.8 Å². The molecule has 1 fully saturated rings. The number of hydrogen-bond acceptors (Lipinski definition) is 4. The zero-order valence-electron chi connectivity index (χ0n) is 9.78. The average Bonchev–Trinajstić information content (AvgIpc) is 2.95.